The highest BCUT2D eigenvalue weighted by Crippen LogP contribution is 2.39. The van der Waals surface area contributed by atoms with Crippen molar-refractivity contribution in [1.29, 1.82) is 0 Å². The van der Waals surface area contributed by atoms with Crippen LogP contribution < -0.4 is 24.4 Å². The molecule has 0 saturated carbocycles. The molecule has 3 rings (SSSR count). The van der Waals surface area contributed by atoms with Gasteiger partial charge in [0.15, 0.2) is 11.5 Å². The first-order valence-electron chi connectivity index (χ1n) is 8.68. The minimum Gasteiger partial charge on any atom is -0.493 e. The van der Waals surface area contributed by atoms with Crippen molar-refractivity contribution in [3.63, 3.8) is 0 Å². The maximum Gasteiger partial charge on any atom is 0.335 e. The van der Waals surface area contributed by atoms with Crippen molar-refractivity contribution in [3.8, 4) is 17.2 Å². The minimum absolute atomic E-state index is 0.192. The van der Waals surface area contributed by atoms with Gasteiger partial charge in [0.2, 0.25) is 5.75 Å². The fraction of sp³-hybridized carbons (Fsp3) is 0.190. The molecule has 1 N–H and O–H groups in total. The molecule has 1 fully saturated rings. The van der Waals surface area contributed by atoms with Crippen LogP contribution in [0.5, 0.6) is 17.2 Å². The number of hydrogen-bond acceptors (Lipinski definition) is 6. The van der Waals surface area contributed by atoms with E-state index >= 15 is 0 Å². The zero-order valence-electron chi connectivity index (χ0n) is 16.4. The van der Waals surface area contributed by atoms with Gasteiger partial charge in [-0.15, -0.1) is 0 Å². The second kappa shape index (κ2) is 8.05. The summed E-state index contributed by atoms with van der Waals surface area (Å²) in [6.45, 7) is 1.77. The number of nitrogens with zero attached hydrogens (tertiary/aromatic N) is 1. The van der Waals surface area contributed by atoms with Gasteiger partial charge >= 0.3 is 6.03 Å². The fourth-order valence-electron chi connectivity index (χ4n) is 3.04. The van der Waals surface area contributed by atoms with E-state index in [-0.39, 0.29) is 5.57 Å². The Morgan fingerprint density at radius 1 is 0.931 bits per heavy atom. The molecule has 0 atom stereocenters. The number of barbiturate groups is 1. The molecule has 2 aromatic rings. The van der Waals surface area contributed by atoms with Crippen LogP contribution in [-0.2, 0) is 9.59 Å². The lowest BCUT2D eigenvalue weighted by Gasteiger charge is -2.27. The molecule has 2 aromatic carbocycles. The summed E-state index contributed by atoms with van der Waals surface area (Å²) >= 11 is 0. The average molecular weight is 396 g/mol. The number of anilines is 1. The number of carbonyl (C=O) groups is 3. The van der Waals surface area contributed by atoms with E-state index in [2.05, 4.69) is 5.32 Å². The van der Waals surface area contributed by atoms with Gasteiger partial charge in [0, 0.05) is 0 Å². The quantitative estimate of drug-likeness (QED) is 0.617. The second-order valence-electron chi connectivity index (χ2n) is 6.20. The van der Waals surface area contributed by atoms with Gasteiger partial charge in [0.05, 0.1) is 27.0 Å². The summed E-state index contributed by atoms with van der Waals surface area (Å²) < 4.78 is 15.9. The number of nitrogens with one attached hydrogen (secondary N) is 1. The molecule has 0 unspecified atom stereocenters. The first kappa shape index (κ1) is 19.9. The van der Waals surface area contributed by atoms with Gasteiger partial charge in [-0.1, -0.05) is 18.2 Å². The van der Waals surface area contributed by atoms with Crippen LogP contribution in [0.1, 0.15) is 11.1 Å². The number of carbonyl (C=O) groups excluding carboxylic acids is 3. The van der Waals surface area contributed by atoms with Crippen molar-refractivity contribution >= 4 is 29.6 Å². The van der Waals surface area contributed by atoms with E-state index in [1.165, 1.54) is 27.4 Å². The lowest BCUT2D eigenvalue weighted by atomic mass is 10.0. The summed E-state index contributed by atoms with van der Waals surface area (Å²) in [4.78, 5) is 38.7. The van der Waals surface area contributed by atoms with Crippen molar-refractivity contribution in [2.75, 3.05) is 26.2 Å². The zero-order chi connectivity index (χ0) is 21.1. The predicted molar refractivity (Wildman–Crippen MR) is 106 cm³/mol. The molecule has 0 spiro atoms. The molecule has 1 saturated heterocycles. The van der Waals surface area contributed by atoms with Gasteiger partial charge in [-0.25, -0.2) is 9.69 Å². The monoisotopic (exact) mass is 396 g/mol. The van der Waals surface area contributed by atoms with Crippen LogP contribution in [-0.4, -0.2) is 39.2 Å². The highest BCUT2D eigenvalue weighted by Gasteiger charge is 2.37. The molecule has 29 heavy (non-hydrogen) atoms. The molecule has 1 aliphatic rings. The number of urea groups is 1. The van der Waals surface area contributed by atoms with E-state index in [9.17, 15) is 14.4 Å². The number of methoxy groups -OCH3 is 3. The molecule has 4 amide bonds. The van der Waals surface area contributed by atoms with Crippen LogP contribution in [0.25, 0.3) is 6.08 Å². The van der Waals surface area contributed by atoms with E-state index in [1.54, 1.807) is 43.3 Å². The molecule has 8 heteroatoms. The number of aryl methyl sites for hydroxylation is 1. The van der Waals surface area contributed by atoms with Crippen LogP contribution in [0.2, 0.25) is 0 Å². The van der Waals surface area contributed by atoms with E-state index in [0.29, 0.717) is 28.5 Å². The standard InChI is InChI=1S/C21H20N2O6/c1-12-7-5-6-8-15(12)23-20(25)14(19(24)22-21(23)26)9-13-10-16(27-2)18(29-4)17(11-13)28-3/h5-11H,1-4H3,(H,22,24,26)/b14-9-. The number of benzene rings is 2. The lowest BCUT2D eigenvalue weighted by Crippen LogP contribution is -2.54. The van der Waals surface area contributed by atoms with Crippen LogP contribution >= 0.6 is 0 Å². The SMILES string of the molecule is COc1cc(/C=C2/C(=O)NC(=O)N(c3ccccc3C)C2=O)cc(OC)c1OC. The van der Waals surface area contributed by atoms with E-state index < -0.39 is 17.8 Å². The smallest absolute Gasteiger partial charge is 0.335 e. The molecule has 1 aliphatic heterocycles. The lowest BCUT2D eigenvalue weighted by molar-refractivity contribution is -0.122. The molecule has 0 bridgehead atoms. The molecule has 0 radical (unpaired) electrons. The molecule has 150 valence electrons. The summed E-state index contributed by atoms with van der Waals surface area (Å²) in [7, 11) is 4.40. The molecular formula is C21H20N2O6. The van der Waals surface area contributed by atoms with Gasteiger partial charge in [0.25, 0.3) is 11.8 Å². The normalized spacial score (nSPS) is 15.4. The highest BCUT2D eigenvalue weighted by atomic mass is 16.5. The molecule has 1 heterocycles. The van der Waals surface area contributed by atoms with Crippen LogP contribution in [0.4, 0.5) is 10.5 Å². The Morgan fingerprint density at radius 2 is 1.55 bits per heavy atom. The average Bonchev–Trinajstić information content (AvgIpc) is 2.71. The number of ether oxygens (including phenoxy) is 3. The number of amides is 4. The van der Waals surface area contributed by atoms with Crippen LogP contribution in [0.15, 0.2) is 42.0 Å². The van der Waals surface area contributed by atoms with Gasteiger partial charge in [-0.05, 0) is 42.3 Å². The summed E-state index contributed by atoms with van der Waals surface area (Å²) in [6.07, 6.45) is 1.37. The van der Waals surface area contributed by atoms with Crippen molar-refractivity contribution < 1.29 is 28.6 Å². The van der Waals surface area contributed by atoms with Gasteiger partial charge in [0.1, 0.15) is 5.57 Å². The van der Waals surface area contributed by atoms with Crippen molar-refractivity contribution in [2.24, 2.45) is 0 Å². The fourth-order valence-corrected chi connectivity index (χ4v) is 3.04. The van der Waals surface area contributed by atoms with E-state index in [1.807, 2.05) is 0 Å². The van der Waals surface area contributed by atoms with Gasteiger partial charge in [-0.3, -0.25) is 14.9 Å². The van der Waals surface area contributed by atoms with Crippen LogP contribution in [0, 0.1) is 6.92 Å². The Morgan fingerprint density at radius 3 is 2.10 bits per heavy atom. The number of imide groups is 2. The Kier molecular flexibility index (Phi) is 5.54. The molecule has 0 aliphatic carbocycles. The molecular weight excluding hydrogens is 376 g/mol. The third-order valence-corrected chi connectivity index (χ3v) is 4.46. The summed E-state index contributed by atoms with van der Waals surface area (Å²) in [5, 5.41) is 2.21. The predicted octanol–water partition coefficient (Wildman–Crippen LogP) is 2.69. The zero-order valence-corrected chi connectivity index (χ0v) is 16.4. The second-order valence-corrected chi connectivity index (χ2v) is 6.20. The Hall–Kier alpha value is -3.81. The molecule has 0 aromatic heterocycles. The summed E-state index contributed by atoms with van der Waals surface area (Å²) in [5.41, 5.74) is 1.40. The molecule has 8 nitrogen and oxygen atoms in total. The Labute approximate surface area is 167 Å². The van der Waals surface area contributed by atoms with E-state index in [4.69, 9.17) is 14.2 Å². The van der Waals surface area contributed by atoms with Gasteiger partial charge in [-0.2, -0.15) is 0 Å². The first-order valence-corrected chi connectivity index (χ1v) is 8.68. The summed E-state index contributed by atoms with van der Waals surface area (Å²) in [6, 6.07) is 9.32. The first-order chi connectivity index (χ1) is 13.9. The third-order valence-electron chi connectivity index (χ3n) is 4.46. The maximum absolute atomic E-state index is 13.0. The number of rotatable bonds is 5. The third kappa shape index (κ3) is 3.64. The maximum atomic E-state index is 13.0. The Bertz CT molecular complexity index is 1000. The highest BCUT2D eigenvalue weighted by molar-refractivity contribution is 6.39. The number of hydrogen-bond donors (Lipinski definition) is 1. The largest absolute Gasteiger partial charge is 0.493 e. The van der Waals surface area contributed by atoms with Crippen LogP contribution in [0.3, 0.4) is 0 Å². The van der Waals surface area contributed by atoms with E-state index in [0.717, 1.165) is 10.5 Å². The van der Waals surface area contributed by atoms with Crippen molar-refractivity contribution in [1.82, 2.24) is 5.32 Å². The Balaban J connectivity index is 2.09. The van der Waals surface area contributed by atoms with Crippen molar-refractivity contribution in [2.45, 2.75) is 6.92 Å². The minimum atomic E-state index is -0.795. The summed E-state index contributed by atoms with van der Waals surface area (Å²) in [5.74, 6) is -0.378. The van der Waals surface area contributed by atoms with Gasteiger partial charge < -0.3 is 14.2 Å². The topological polar surface area (TPSA) is 94.2 Å². The number of para-hydroxylation sites is 1. The van der Waals surface area contributed by atoms with Crippen molar-refractivity contribution in [3.05, 3.63) is 53.1 Å².